The van der Waals surface area contributed by atoms with Gasteiger partial charge in [0.1, 0.15) is 49.2 Å². The first kappa shape index (κ1) is 22.5. The largest absolute Gasteiger partial charge is 0.462 e. The number of H-pyrrole nitrogens is 1. The van der Waals surface area contributed by atoms with Crippen LogP contribution in [0.15, 0.2) is 17.1 Å². The lowest BCUT2D eigenvalue weighted by atomic mass is 9.87. The average Bonchev–Trinajstić information content (AvgIpc) is 3.24. The summed E-state index contributed by atoms with van der Waals surface area (Å²) in [5.41, 5.74) is 9.51. The fraction of sp³-hybridized carbons (Fsp3) is 0.556. The number of amidine groups is 1. The molecule has 1 aromatic heterocycles. The van der Waals surface area contributed by atoms with Crippen molar-refractivity contribution in [1.82, 2.24) is 4.98 Å². The summed E-state index contributed by atoms with van der Waals surface area (Å²) >= 11 is 0. The molecule has 1 fully saturated rings. The standard InChI is InChI=1S/C18H26N6O5/c1-17(2,3)13(21)16(27)28-6-10-12(25)14(26)18(7-19,29-10)11-5-4-9(24-11)15(22)23-8-20/h4-5,8,10,12-14,24-26H,6,21H2,1-3H3,(H3,20,22,23)/t10-,12-,13-,14-,18+/m1/s1. The van der Waals surface area contributed by atoms with Crippen molar-refractivity contribution >= 4 is 18.1 Å². The van der Waals surface area contributed by atoms with E-state index in [0.29, 0.717) is 5.69 Å². The number of ether oxygens (including phenoxy) is 2. The number of aromatic nitrogens is 1. The van der Waals surface area contributed by atoms with Gasteiger partial charge in [-0.15, -0.1) is 0 Å². The molecule has 0 unspecified atom stereocenters. The van der Waals surface area contributed by atoms with Crippen LogP contribution in [0.2, 0.25) is 0 Å². The predicted molar refractivity (Wildman–Crippen MR) is 103 cm³/mol. The van der Waals surface area contributed by atoms with Gasteiger partial charge in [0.15, 0.2) is 0 Å². The Morgan fingerprint density at radius 2 is 2.21 bits per heavy atom. The molecule has 2 rings (SSSR count). The van der Waals surface area contributed by atoms with Gasteiger partial charge in [0, 0.05) is 0 Å². The number of nitrogens with one attached hydrogen (secondary N) is 2. The van der Waals surface area contributed by atoms with Gasteiger partial charge in [-0.05, 0) is 17.5 Å². The number of nitriles is 1. The first-order chi connectivity index (χ1) is 13.5. The SMILES string of the molecule is CC(C)(C)[C@H](N)C(=O)OC[C@H]1O[C@@](C#N)(c2ccc(/C(N)=N\C=N)[nH]2)[C@H](O)[C@@H]1O. The van der Waals surface area contributed by atoms with E-state index in [0.717, 1.165) is 6.34 Å². The number of nitrogens with two attached hydrogens (primary N) is 2. The molecule has 0 spiro atoms. The van der Waals surface area contributed by atoms with Crippen LogP contribution in [0, 0.1) is 22.2 Å². The smallest absolute Gasteiger partial charge is 0.323 e. The molecule has 8 N–H and O–H groups in total. The van der Waals surface area contributed by atoms with Gasteiger partial charge in [0.2, 0.25) is 5.60 Å². The molecule has 0 aromatic carbocycles. The Morgan fingerprint density at radius 3 is 2.76 bits per heavy atom. The number of aromatic amines is 1. The minimum atomic E-state index is -1.94. The lowest BCUT2D eigenvalue weighted by molar-refractivity contribution is -0.154. The van der Waals surface area contributed by atoms with Gasteiger partial charge in [0.25, 0.3) is 0 Å². The van der Waals surface area contributed by atoms with E-state index in [4.69, 9.17) is 26.4 Å². The highest BCUT2D eigenvalue weighted by Crippen LogP contribution is 2.39. The summed E-state index contributed by atoms with van der Waals surface area (Å²) in [4.78, 5) is 18.5. The number of aliphatic imine (C=N–C) groups is 1. The fourth-order valence-electron chi connectivity index (χ4n) is 2.84. The van der Waals surface area contributed by atoms with Crippen LogP contribution in [0.3, 0.4) is 0 Å². The van der Waals surface area contributed by atoms with Crippen LogP contribution in [0.25, 0.3) is 0 Å². The fourth-order valence-corrected chi connectivity index (χ4v) is 2.84. The van der Waals surface area contributed by atoms with Crippen molar-refractivity contribution in [1.29, 1.82) is 10.7 Å². The van der Waals surface area contributed by atoms with Crippen LogP contribution < -0.4 is 11.5 Å². The van der Waals surface area contributed by atoms with E-state index in [1.54, 1.807) is 20.8 Å². The van der Waals surface area contributed by atoms with Crippen LogP contribution in [-0.4, -0.2) is 64.3 Å². The lowest BCUT2D eigenvalue weighted by Gasteiger charge is -2.26. The van der Waals surface area contributed by atoms with Crippen molar-refractivity contribution in [2.24, 2.45) is 21.9 Å². The Labute approximate surface area is 167 Å². The molecule has 11 nitrogen and oxygen atoms in total. The Bertz CT molecular complexity index is 839. The van der Waals surface area contributed by atoms with E-state index >= 15 is 0 Å². The van der Waals surface area contributed by atoms with Gasteiger partial charge in [-0.2, -0.15) is 5.26 Å². The highest BCUT2D eigenvalue weighted by Gasteiger charge is 2.57. The molecule has 29 heavy (non-hydrogen) atoms. The van der Waals surface area contributed by atoms with Gasteiger partial charge in [-0.3, -0.25) is 10.2 Å². The zero-order chi connectivity index (χ0) is 22.0. The first-order valence-corrected chi connectivity index (χ1v) is 8.87. The Morgan fingerprint density at radius 1 is 1.55 bits per heavy atom. The van der Waals surface area contributed by atoms with Crippen molar-refractivity contribution in [3.8, 4) is 6.07 Å². The molecule has 2 heterocycles. The maximum Gasteiger partial charge on any atom is 0.323 e. The second-order valence-electron chi connectivity index (χ2n) is 7.84. The molecule has 1 aromatic rings. The summed E-state index contributed by atoms with van der Waals surface area (Å²) in [6, 6.07) is 3.92. The molecular formula is C18H26N6O5. The molecule has 5 atom stereocenters. The quantitative estimate of drug-likeness (QED) is 0.197. The first-order valence-electron chi connectivity index (χ1n) is 8.87. The number of rotatable bonds is 6. The van der Waals surface area contributed by atoms with Gasteiger partial charge in [-0.1, -0.05) is 20.8 Å². The number of nitrogens with zero attached hydrogens (tertiary/aromatic N) is 2. The Kier molecular flexibility index (Phi) is 6.44. The maximum atomic E-state index is 12.1. The number of carbonyl (C=O) groups is 1. The lowest BCUT2D eigenvalue weighted by Crippen LogP contribution is -2.44. The number of aliphatic hydroxyl groups is 2. The summed E-state index contributed by atoms with van der Waals surface area (Å²) < 4.78 is 10.8. The van der Waals surface area contributed by atoms with E-state index in [9.17, 15) is 20.3 Å². The monoisotopic (exact) mass is 406 g/mol. The van der Waals surface area contributed by atoms with Crippen LogP contribution in [0.4, 0.5) is 0 Å². The zero-order valence-electron chi connectivity index (χ0n) is 16.4. The molecule has 1 aliphatic heterocycles. The van der Waals surface area contributed by atoms with Crippen molar-refractivity contribution in [2.45, 2.75) is 50.7 Å². The highest BCUT2D eigenvalue weighted by atomic mass is 16.6. The predicted octanol–water partition coefficient (Wildman–Crippen LogP) is -0.917. The normalized spacial score (nSPS) is 28.6. The van der Waals surface area contributed by atoms with E-state index in [1.807, 2.05) is 6.07 Å². The molecule has 1 aliphatic rings. The number of aliphatic hydroxyl groups excluding tert-OH is 2. The summed E-state index contributed by atoms with van der Waals surface area (Å²) in [6.07, 6.45) is -3.51. The van der Waals surface area contributed by atoms with Gasteiger partial charge < -0.3 is 36.1 Å². The molecule has 158 valence electrons. The summed E-state index contributed by atoms with van der Waals surface area (Å²) in [6.45, 7) is 4.94. The third kappa shape index (κ3) is 4.30. The summed E-state index contributed by atoms with van der Waals surface area (Å²) in [5.74, 6) is -0.691. The van der Waals surface area contributed by atoms with Gasteiger partial charge in [0.05, 0.1) is 11.4 Å². The van der Waals surface area contributed by atoms with Crippen LogP contribution in [0.5, 0.6) is 0 Å². The van der Waals surface area contributed by atoms with Crippen molar-refractivity contribution in [3.05, 3.63) is 23.5 Å². The number of hydrogen-bond acceptors (Lipinski definition) is 8. The van der Waals surface area contributed by atoms with Gasteiger partial charge in [-0.25, -0.2) is 4.99 Å². The molecule has 0 radical (unpaired) electrons. The molecular weight excluding hydrogens is 380 g/mol. The number of carbonyl (C=O) groups excluding carboxylic acids is 1. The highest BCUT2D eigenvalue weighted by molar-refractivity contribution is 5.99. The Balaban J connectivity index is 2.20. The minimum Gasteiger partial charge on any atom is -0.462 e. The van der Waals surface area contributed by atoms with Crippen LogP contribution in [-0.2, 0) is 19.9 Å². The number of esters is 1. The zero-order valence-corrected chi connectivity index (χ0v) is 16.4. The van der Waals surface area contributed by atoms with E-state index in [1.165, 1.54) is 12.1 Å². The van der Waals surface area contributed by atoms with E-state index in [-0.39, 0.29) is 11.5 Å². The van der Waals surface area contributed by atoms with Crippen LogP contribution >= 0.6 is 0 Å². The van der Waals surface area contributed by atoms with Crippen molar-refractivity contribution in [3.63, 3.8) is 0 Å². The molecule has 0 bridgehead atoms. The Hall–Kier alpha value is -2.78. The van der Waals surface area contributed by atoms with E-state index in [2.05, 4.69) is 9.98 Å². The third-order valence-corrected chi connectivity index (χ3v) is 4.77. The van der Waals surface area contributed by atoms with Crippen molar-refractivity contribution in [2.75, 3.05) is 6.61 Å². The van der Waals surface area contributed by atoms with Gasteiger partial charge >= 0.3 is 5.97 Å². The molecule has 0 aliphatic carbocycles. The molecule has 1 saturated heterocycles. The molecule has 11 heteroatoms. The minimum absolute atomic E-state index is 0.00553. The summed E-state index contributed by atoms with van der Waals surface area (Å²) in [5, 5.41) is 37.5. The molecule has 0 saturated carbocycles. The average molecular weight is 406 g/mol. The second-order valence-corrected chi connectivity index (χ2v) is 7.84. The topological polar surface area (TPSA) is 204 Å². The second kappa shape index (κ2) is 8.30. The summed E-state index contributed by atoms with van der Waals surface area (Å²) in [7, 11) is 0. The molecule has 0 amide bonds. The van der Waals surface area contributed by atoms with E-state index < -0.39 is 47.9 Å². The van der Waals surface area contributed by atoms with Crippen molar-refractivity contribution < 1.29 is 24.5 Å². The third-order valence-electron chi connectivity index (χ3n) is 4.77. The maximum absolute atomic E-state index is 12.1. The number of hydrogen-bond donors (Lipinski definition) is 6. The van der Waals surface area contributed by atoms with Crippen LogP contribution in [0.1, 0.15) is 32.2 Å².